The van der Waals surface area contributed by atoms with Gasteiger partial charge < -0.3 is 10.1 Å². The highest BCUT2D eigenvalue weighted by atomic mass is 16.5. The lowest BCUT2D eigenvalue weighted by atomic mass is 9.98. The molecule has 1 N–H and O–H groups in total. The van der Waals surface area contributed by atoms with E-state index in [0.717, 1.165) is 16.6 Å². The van der Waals surface area contributed by atoms with Crippen LogP contribution in [-0.4, -0.2) is 39.5 Å². The quantitative estimate of drug-likeness (QED) is 0.397. The fraction of sp³-hybridized carbons (Fsp3) is 0.310. The summed E-state index contributed by atoms with van der Waals surface area (Å²) in [4.78, 5) is 29.7. The zero-order chi connectivity index (χ0) is 26.7. The van der Waals surface area contributed by atoms with E-state index in [0.29, 0.717) is 22.5 Å². The second kappa shape index (κ2) is 10.4. The number of ether oxygens (including phenoxy) is 1. The van der Waals surface area contributed by atoms with E-state index in [2.05, 4.69) is 15.6 Å². The fourth-order valence-electron chi connectivity index (χ4n) is 4.32. The number of nitrogens with one attached hydrogen (secondary N) is 1. The molecule has 0 spiro atoms. The van der Waals surface area contributed by atoms with Gasteiger partial charge in [0.05, 0.1) is 12.6 Å². The summed E-state index contributed by atoms with van der Waals surface area (Å²) in [5.41, 5.74) is 4.16. The lowest BCUT2D eigenvalue weighted by molar-refractivity contribution is -0.128. The molecule has 192 valence electrons. The number of nitrogens with zero attached hydrogens (tertiary/aromatic N) is 4. The Bertz CT molecular complexity index is 1440. The summed E-state index contributed by atoms with van der Waals surface area (Å²) in [7, 11) is 1.58. The molecule has 0 radical (unpaired) electrons. The fourth-order valence-corrected chi connectivity index (χ4v) is 4.32. The molecule has 0 bridgehead atoms. The number of anilines is 1. The average Bonchev–Trinajstić information content (AvgIpc) is 3.26. The maximum absolute atomic E-state index is 14.2. The van der Waals surface area contributed by atoms with Crippen molar-refractivity contribution >= 4 is 28.5 Å². The smallest absolute Gasteiger partial charge is 0.249 e. The third-order valence-corrected chi connectivity index (χ3v) is 6.22. The highest BCUT2D eigenvalue weighted by Gasteiger charge is 2.35. The number of aryl methyl sites for hydroxylation is 1. The monoisotopic (exact) mass is 499 g/mol. The SMILES string of the molecule is COc1cccc([C@@H](C(=O)NC(C)(C)C)N(C(=O)Cn2nnc3ccccc32)c2cccc(C)c2C)c1. The Morgan fingerprint density at radius 3 is 2.49 bits per heavy atom. The van der Waals surface area contributed by atoms with Crippen LogP contribution in [0.15, 0.2) is 66.7 Å². The minimum absolute atomic E-state index is 0.0861. The Hall–Kier alpha value is -4.20. The minimum atomic E-state index is -0.947. The maximum atomic E-state index is 14.2. The Balaban J connectivity index is 1.88. The third-order valence-electron chi connectivity index (χ3n) is 6.22. The predicted octanol–water partition coefficient (Wildman–Crippen LogP) is 4.75. The van der Waals surface area contributed by atoms with Crippen molar-refractivity contribution in [2.45, 2.75) is 52.7 Å². The Labute approximate surface area is 217 Å². The van der Waals surface area contributed by atoms with Crippen LogP contribution in [0.3, 0.4) is 0 Å². The van der Waals surface area contributed by atoms with E-state index in [1.165, 1.54) is 0 Å². The van der Waals surface area contributed by atoms with Crippen molar-refractivity contribution in [3.63, 3.8) is 0 Å². The van der Waals surface area contributed by atoms with Crippen LogP contribution in [-0.2, 0) is 16.1 Å². The molecule has 0 saturated carbocycles. The molecule has 0 aliphatic carbocycles. The molecule has 2 amide bonds. The number of para-hydroxylation sites is 1. The zero-order valence-corrected chi connectivity index (χ0v) is 22.1. The van der Waals surface area contributed by atoms with Gasteiger partial charge in [0.15, 0.2) is 0 Å². The number of hydrogen-bond donors (Lipinski definition) is 1. The number of benzene rings is 3. The summed E-state index contributed by atoms with van der Waals surface area (Å²) in [5, 5.41) is 11.5. The van der Waals surface area contributed by atoms with E-state index in [1.807, 2.05) is 95.3 Å². The van der Waals surface area contributed by atoms with Crippen LogP contribution in [0.25, 0.3) is 11.0 Å². The number of hydrogen-bond acceptors (Lipinski definition) is 5. The molecule has 1 atom stereocenters. The zero-order valence-electron chi connectivity index (χ0n) is 22.1. The molecular formula is C29H33N5O3. The van der Waals surface area contributed by atoms with E-state index >= 15 is 0 Å². The third kappa shape index (κ3) is 5.63. The van der Waals surface area contributed by atoms with Gasteiger partial charge in [-0.3, -0.25) is 14.5 Å². The summed E-state index contributed by atoms with van der Waals surface area (Å²) >= 11 is 0. The van der Waals surface area contributed by atoms with Gasteiger partial charge >= 0.3 is 0 Å². The Kier molecular flexibility index (Phi) is 7.29. The van der Waals surface area contributed by atoms with Gasteiger partial charge in [-0.2, -0.15) is 0 Å². The van der Waals surface area contributed by atoms with Crippen LogP contribution < -0.4 is 15.0 Å². The molecule has 4 rings (SSSR count). The molecule has 1 aromatic heterocycles. The number of methoxy groups -OCH3 is 1. The number of rotatable bonds is 7. The van der Waals surface area contributed by atoms with Crippen molar-refractivity contribution in [3.05, 3.63) is 83.4 Å². The molecule has 0 aliphatic heterocycles. The van der Waals surface area contributed by atoms with Crippen molar-refractivity contribution in [2.75, 3.05) is 12.0 Å². The highest BCUT2D eigenvalue weighted by Crippen LogP contribution is 2.34. The summed E-state index contributed by atoms with van der Waals surface area (Å²) in [6.07, 6.45) is 0. The van der Waals surface area contributed by atoms with Crippen LogP contribution in [0, 0.1) is 13.8 Å². The van der Waals surface area contributed by atoms with Gasteiger partial charge in [0.1, 0.15) is 23.9 Å². The Morgan fingerprint density at radius 2 is 1.76 bits per heavy atom. The van der Waals surface area contributed by atoms with Crippen LogP contribution >= 0.6 is 0 Å². The Morgan fingerprint density at radius 1 is 1.03 bits per heavy atom. The number of carbonyl (C=O) groups is 2. The first-order chi connectivity index (χ1) is 17.6. The first-order valence-electron chi connectivity index (χ1n) is 12.2. The van der Waals surface area contributed by atoms with E-state index in [-0.39, 0.29) is 18.4 Å². The van der Waals surface area contributed by atoms with Gasteiger partial charge in [-0.05, 0) is 81.6 Å². The van der Waals surface area contributed by atoms with Gasteiger partial charge in [-0.15, -0.1) is 5.10 Å². The van der Waals surface area contributed by atoms with Crippen molar-refractivity contribution in [3.8, 4) is 5.75 Å². The van der Waals surface area contributed by atoms with E-state index < -0.39 is 11.6 Å². The molecular weight excluding hydrogens is 466 g/mol. The predicted molar refractivity (Wildman–Crippen MR) is 145 cm³/mol. The van der Waals surface area contributed by atoms with E-state index in [9.17, 15) is 9.59 Å². The number of carbonyl (C=O) groups excluding carboxylic acids is 2. The largest absolute Gasteiger partial charge is 0.497 e. The summed E-state index contributed by atoms with van der Waals surface area (Å²) in [6.45, 7) is 9.61. The van der Waals surface area contributed by atoms with Crippen LogP contribution in [0.2, 0.25) is 0 Å². The van der Waals surface area contributed by atoms with E-state index in [1.54, 1.807) is 22.8 Å². The average molecular weight is 500 g/mol. The number of amides is 2. The molecule has 37 heavy (non-hydrogen) atoms. The molecule has 0 unspecified atom stereocenters. The normalized spacial score (nSPS) is 12.3. The maximum Gasteiger partial charge on any atom is 0.249 e. The lowest BCUT2D eigenvalue weighted by Crippen LogP contribution is -2.50. The molecule has 0 saturated heterocycles. The van der Waals surface area contributed by atoms with Crippen LogP contribution in [0.1, 0.15) is 43.5 Å². The molecule has 8 nitrogen and oxygen atoms in total. The standard InChI is InChI=1S/C29H33N5O3/c1-19-11-9-16-24(20(19)2)34(26(35)18-33-25-15-8-7-14-23(25)31-32-33)27(28(36)30-29(3,4)5)21-12-10-13-22(17-21)37-6/h7-17,27H,18H2,1-6H3,(H,30,36)/t27-/m0/s1. The summed E-state index contributed by atoms with van der Waals surface area (Å²) < 4.78 is 7.02. The molecule has 0 aliphatic rings. The van der Waals surface area contributed by atoms with Crippen molar-refractivity contribution in [1.29, 1.82) is 0 Å². The molecule has 3 aromatic carbocycles. The number of fused-ring (bicyclic) bond motifs is 1. The first-order valence-corrected chi connectivity index (χ1v) is 12.2. The summed E-state index contributed by atoms with van der Waals surface area (Å²) in [6, 6.07) is 19.6. The second-order valence-electron chi connectivity index (χ2n) is 10.1. The van der Waals surface area contributed by atoms with Gasteiger partial charge in [-0.25, -0.2) is 4.68 Å². The molecule has 4 aromatic rings. The lowest BCUT2D eigenvalue weighted by Gasteiger charge is -2.35. The van der Waals surface area contributed by atoms with E-state index in [4.69, 9.17) is 4.74 Å². The second-order valence-corrected chi connectivity index (χ2v) is 10.1. The van der Waals surface area contributed by atoms with Crippen molar-refractivity contribution in [2.24, 2.45) is 0 Å². The topological polar surface area (TPSA) is 89.4 Å². The van der Waals surface area contributed by atoms with Crippen molar-refractivity contribution in [1.82, 2.24) is 20.3 Å². The molecule has 8 heteroatoms. The van der Waals surface area contributed by atoms with Gasteiger partial charge in [0, 0.05) is 11.2 Å². The molecule has 0 fully saturated rings. The van der Waals surface area contributed by atoms with Crippen LogP contribution in [0.5, 0.6) is 5.75 Å². The van der Waals surface area contributed by atoms with Crippen LogP contribution in [0.4, 0.5) is 5.69 Å². The van der Waals surface area contributed by atoms with Gasteiger partial charge in [-0.1, -0.05) is 41.6 Å². The molecule has 1 heterocycles. The number of aromatic nitrogens is 3. The van der Waals surface area contributed by atoms with Gasteiger partial charge in [0.25, 0.3) is 0 Å². The first kappa shape index (κ1) is 25.9. The van der Waals surface area contributed by atoms with Crippen molar-refractivity contribution < 1.29 is 14.3 Å². The summed E-state index contributed by atoms with van der Waals surface area (Å²) in [5.74, 6) is 0.0152. The minimum Gasteiger partial charge on any atom is -0.497 e. The van der Waals surface area contributed by atoms with Gasteiger partial charge in [0.2, 0.25) is 11.8 Å². The highest BCUT2D eigenvalue weighted by molar-refractivity contribution is 6.02.